The number of rotatable bonds is 3. The molecule has 0 aliphatic heterocycles. The summed E-state index contributed by atoms with van der Waals surface area (Å²) in [7, 11) is 0. The van der Waals surface area contributed by atoms with Crippen LogP contribution in [0, 0.1) is 18.3 Å². The van der Waals surface area contributed by atoms with Gasteiger partial charge in [0.05, 0.1) is 17.2 Å². The number of nitrogens with one attached hydrogen (secondary N) is 1. The van der Waals surface area contributed by atoms with Gasteiger partial charge in [-0.2, -0.15) is 18.4 Å². The summed E-state index contributed by atoms with van der Waals surface area (Å²) < 4.78 is 38.6. The fourth-order valence-electron chi connectivity index (χ4n) is 2.05. The molecule has 0 saturated heterocycles. The molecular formula is C16H13F3N2. The molecule has 0 aliphatic rings. The Hall–Kier alpha value is -2.48. The van der Waals surface area contributed by atoms with Crippen LogP contribution < -0.4 is 5.32 Å². The van der Waals surface area contributed by atoms with Gasteiger partial charge in [0.2, 0.25) is 0 Å². The molecule has 0 atom stereocenters. The van der Waals surface area contributed by atoms with Crippen molar-refractivity contribution in [1.82, 2.24) is 0 Å². The summed E-state index contributed by atoms with van der Waals surface area (Å²) >= 11 is 0. The molecule has 2 nitrogen and oxygen atoms in total. The van der Waals surface area contributed by atoms with E-state index in [1.165, 1.54) is 12.1 Å². The first-order chi connectivity index (χ1) is 9.91. The maximum atomic E-state index is 12.9. The third-order valence-electron chi connectivity index (χ3n) is 3.15. The second-order valence-corrected chi connectivity index (χ2v) is 4.65. The fraction of sp³-hybridized carbons (Fsp3) is 0.188. The van der Waals surface area contributed by atoms with Crippen molar-refractivity contribution in [3.8, 4) is 6.07 Å². The van der Waals surface area contributed by atoms with E-state index in [4.69, 9.17) is 5.26 Å². The van der Waals surface area contributed by atoms with E-state index < -0.39 is 11.7 Å². The van der Waals surface area contributed by atoms with Crippen molar-refractivity contribution in [3.63, 3.8) is 0 Å². The van der Waals surface area contributed by atoms with Crippen LogP contribution in [0.3, 0.4) is 0 Å². The predicted octanol–water partition coefficient (Wildman–Crippen LogP) is 4.50. The SMILES string of the molecule is Cc1cc(NCc2ccccc2C(F)(F)F)ccc1C#N. The maximum Gasteiger partial charge on any atom is 0.416 e. The highest BCUT2D eigenvalue weighted by Gasteiger charge is 2.32. The van der Waals surface area contributed by atoms with Gasteiger partial charge in [-0.3, -0.25) is 0 Å². The minimum atomic E-state index is -4.36. The molecule has 5 heteroatoms. The van der Waals surface area contributed by atoms with E-state index in [1.807, 2.05) is 6.07 Å². The van der Waals surface area contributed by atoms with Crippen LogP contribution in [-0.4, -0.2) is 0 Å². The summed E-state index contributed by atoms with van der Waals surface area (Å²) in [6.07, 6.45) is -4.36. The topological polar surface area (TPSA) is 35.8 Å². The Kier molecular flexibility index (Phi) is 4.18. The molecule has 0 aromatic heterocycles. The minimum Gasteiger partial charge on any atom is -0.381 e. The van der Waals surface area contributed by atoms with Gasteiger partial charge in [0.15, 0.2) is 0 Å². The number of anilines is 1. The van der Waals surface area contributed by atoms with Gasteiger partial charge in [-0.25, -0.2) is 0 Å². The Balaban J connectivity index is 2.18. The van der Waals surface area contributed by atoms with E-state index in [0.29, 0.717) is 11.3 Å². The molecule has 2 rings (SSSR count). The lowest BCUT2D eigenvalue weighted by Crippen LogP contribution is -2.11. The molecule has 108 valence electrons. The van der Waals surface area contributed by atoms with E-state index in [9.17, 15) is 13.2 Å². The fourth-order valence-corrected chi connectivity index (χ4v) is 2.05. The van der Waals surface area contributed by atoms with Crippen LogP contribution in [0.2, 0.25) is 0 Å². The molecule has 0 unspecified atom stereocenters. The Labute approximate surface area is 120 Å². The van der Waals surface area contributed by atoms with E-state index >= 15 is 0 Å². The number of aryl methyl sites for hydroxylation is 1. The third kappa shape index (κ3) is 3.54. The predicted molar refractivity (Wildman–Crippen MR) is 74.7 cm³/mol. The van der Waals surface area contributed by atoms with Crippen molar-refractivity contribution in [1.29, 1.82) is 5.26 Å². The standard InChI is InChI=1S/C16H13F3N2/c1-11-8-14(7-6-12(11)9-20)21-10-13-4-2-3-5-15(13)16(17,18)19/h2-8,21H,10H2,1H3. The Morgan fingerprint density at radius 3 is 2.48 bits per heavy atom. The van der Waals surface area contributed by atoms with E-state index in [0.717, 1.165) is 11.6 Å². The average molecular weight is 290 g/mol. The largest absolute Gasteiger partial charge is 0.416 e. The van der Waals surface area contributed by atoms with E-state index in [1.54, 1.807) is 31.2 Å². The van der Waals surface area contributed by atoms with Crippen LogP contribution in [0.25, 0.3) is 0 Å². The maximum absolute atomic E-state index is 12.9. The molecule has 0 amide bonds. The van der Waals surface area contributed by atoms with Crippen molar-refractivity contribution >= 4 is 5.69 Å². The number of hydrogen-bond acceptors (Lipinski definition) is 2. The minimum absolute atomic E-state index is 0.0705. The molecule has 21 heavy (non-hydrogen) atoms. The van der Waals surface area contributed by atoms with Gasteiger partial charge in [0.25, 0.3) is 0 Å². The van der Waals surface area contributed by atoms with Crippen LogP contribution in [0.15, 0.2) is 42.5 Å². The molecule has 0 saturated carbocycles. The van der Waals surface area contributed by atoms with Gasteiger partial charge >= 0.3 is 6.18 Å². The summed E-state index contributed by atoms with van der Waals surface area (Å²) in [5, 5.41) is 11.8. The van der Waals surface area contributed by atoms with Crippen LogP contribution in [0.5, 0.6) is 0 Å². The number of halogens is 3. The zero-order valence-corrected chi connectivity index (χ0v) is 11.3. The van der Waals surface area contributed by atoms with Gasteiger partial charge in [-0.1, -0.05) is 18.2 Å². The number of nitriles is 1. The van der Waals surface area contributed by atoms with Gasteiger partial charge < -0.3 is 5.32 Å². The second kappa shape index (κ2) is 5.88. The number of benzene rings is 2. The average Bonchev–Trinajstić information content (AvgIpc) is 2.44. The van der Waals surface area contributed by atoms with Crippen molar-refractivity contribution in [2.24, 2.45) is 0 Å². The highest BCUT2D eigenvalue weighted by molar-refractivity contribution is 5.52. The first kappa shape index (κ1) is 14.9. The lowest BCUT2D eigenvalue weighted by atomic mass is 10.1. The second-order valence-electron chi connectivity index (χ2n) is 4.65. The van der Waals surface area contributed by atoms with Crippen molar-refractivity contribution in [2.75, 3.05) is 5.32 Å². The van der Waals surface area contributed by atoms with Crippen LogP contribution in [0.1, 0.15) is 22.3 Å². The quantitative estimate of drug-likeness (QED) is 0.903. The van der Waals surface area contributed by atoms with Crippen molar-refractivity contribution < 1.29 is 13.2 Å². The molecule has 0 radical (unpaired) electrons. The van der Waals surface area contributed by atoms with Gasteiger partial charge in [0, 0.05) is 12.2 Å². The monoisotopic (exact) mass is 290 g/mol. The molecule has 0 fully saturated rings. The highest BCUT2D eigenvalue weighted by Crippen LogP contribution is 2.32. The summed E-state index contributed by atoms with van der Waals surface area (Å²) in [6.45, 7) is 1.86. The van der Waals surface area contributed by atoms with Gasteiger partial charge in [-0.15, -0.1) is 0 Å². The molecular weight excluding hydrogens is 277 g/mol. The first-order valence-corrected chi connectivity index (χ1v) is 6.31. The molecule has 2 aromatic carbocycles. The van der Waals surface area contributed by atoms with Crippen molar-refractivity contribution in [2.45, 2.75) is 19.6 Å². The van der Waals surface area contributed by atoms with Crippen LogP contribution in [-0.2, 0) is 12.7 Å². The number of hydrogen-bond donors (Lipinski definition) is 1. The highest BCUT2D eigenvalue weighted by atomic mass is 19.4. The van der Waals surface area contributed by atoms with Crippen LogP contribution >= 0.6 is 0 Å². The summed E-state index contributed by atoms with van der Waals surface area (Å²) in [5.41, 5.74) is 1.57. The molecule has 2 aromatic rings. The van der Waals surface area contributed by atoms with Crippen molar-refractivity contribution in [3.05, 3.63) is 64.7 Å². The normalized spacial score (nSPS) is 11.0. The van der Waals surface area contributed by atoms with E-state index in [2.05, 4.69) is 5.32 Å². The third-order valence-corrected chi connectivity index (χ3v) is 3.15. The number of alkyl halides is 3. The van der Waals surface area contributed by atoms with E-state index in [-0.39, 0.29) is 12.1 Å². The summed E-state index contributed by atoms with van der Waals surface area (Å²) in [5.74, 6) is 0. The Morgan fingerprint density at radius 2 is 1.86 bits per heavy atom. The molecule has 1 N–H and O–H groups in total. The zero-order valence-electron chi connectivity index (χ0n) is 11.3. The Morgan fingerprint density at radius 1 is 1.14 bits per heavy atom. The van der Waals surface area contributed by atoms with Gasteiger partial charge in [-0.05, 0) is 42.3 Å². The molecule has 0 bridgehead atoms. The van der Waals surface area contributed by atoms with Gasteiger partial charge in [0.1, 0.15) is 0 Å². The first-order valence-electron chi connectivity index (χ1n) is 6.31. The summed E-state index contributed by atoms with van der Waals surface area (Å²) in [4.78, 5) is 0. The molecule has 0 aliphatic carbocycles. The zero-order chi connectivity index (χ0) is 15.5. The summed E-state index contributed by atoms with van der Waals surface area (Å²) in [6, 6.07) is 12.6. The lowest BCUT2D eigenvalue weighted by Gasteiger charge is -2.14. The Bertz CT molecular complexity index is 685. The smallest absolute Gasteiger partial charge is 0.381 e. The molecule has 0 heterocycles. The lowest BCUT2D eigenvalue weighted by molar-refractivity contribution is -0.138. The number of nitrogens with zero attached hydrogens (tertiary/aromatic N) is 1. The van der Waals surface area contributed by atoms with Crippen LogP contribution in [0.4, 0.5) is 18.9 Å². The molecule has 0 spiro atoms.